The minimum Gasteiger partial charge on any atom is -0.491 e. The summed E-state index contributed by atoms with van der Waals surface area (Å²) >= 11 is 0. The van der Waals surface area contributed by atoms with E-state index in [0.717, 1.165) is 36.2 Å². The van der Waals surface area contributed by atoms with Crippen LogP contribution in [0.1, 0.15) is 23.2 Å². The molecule has 6 heteroatoms. The first-order valence-electron chi connectivity index (χ1n) is 8.37. The molecule has 1 fully saturated rings. The number of nitrogens with zero attached hydrogens (tertiary/aromatic N) is 2. The molecule has 1 N–H and O–H groups in total. The van der Waals surface area contributed by atoms with Crippen molar-refractivity contribution < 1.29 is 14.3 Å². The number of benzene rings is 2. The van der Waals surface area contributed by atoms with E-state index in [1.807, 2.05) is 24.3 Å². The molecule has 3 aromatic rings. The Balaban J connectivity index is 1.40. The van der Waals surface area contributed by atoms with Gasteiger partial charge in [0.15, 0.2) is 0 Å². The molecule has 0 radical (unpaired) electrons. The van der Waals surface area contributed by atoms with Crippen molar-refractivity contribution in [2.75, 3.05) is 18.6 Å². The molecule has 4 rings (SSSR count). The van der Waals surface area contributed by atoms with Crippen LogP contribution in [0.3, 0.4) is 0 Å². The lowest BCUT2D eigenvalue weighted by molar-refractivity contribution is 0.0679. The summed E-state index contributed by atoms with van der Waals surface area (Å²) in [6.07, 6.45) is 3.91. The van der Waals surface area contributed by atoms with E-state index in [1.54, 1.807) is 35.3 Å². The van der Waals surface area contributed by atoms with Crippen LogP contribution in [0.5, 0.6) is 5.75 Å². The number of hydrogen-bond acceptors (Lipinski definition) is 4. The van der Waals surface area contributed by atoms with Crippen LogP contribution < -0.4 is 10.2 Å². The largest absolute Gasteiger partial charge is 0.491 e. The van der Waals surface area contributed by atoms with Crippen LogP contribution in [0.4, 0.5) is 0 Å². The molecule has 0 spiro atoms. The van der Waals surface area contributed by atoms with Gasteiger partial charge in [0.25, 0.3) is 5.91 Å². The second-order valence-corrected chi connectivity index (χ2v) is 6.01. The third-order valence-corrected chi connectivity index (χ3v) is 4.25. The van der Waals surface area contributed by atoms with E-state index in [2.05, 4.69) is 10.4 Å². The van der Waals surface area contributed by atoms with Crippen molar-refractivity contribution in [3.8, 4) is 5.75 Å². The number of imidazole rings is 1. The van der Waals surface area contributed by atoms with Gasteiger partial charge in [-0.25, -0.2) is 9.66 Å². The van der Waals surface area contributed by atoms with Gasteiger partial charge in [0.05, 0.1) is 17.1 Å². The Kier molecular flexibility index (Phi) is 4.35. The van der Waals surface area contributed by atoms with Crippen LogP contribution in [0.25, 0.3) is 11.0 Å². The summed E-state index contributed by atoms with van der Waals surface area (Å²) in [4.78, 5) is 16.7. The van der Waals surface area contributed by atoms with E-state index < -0.39 is 0 Å². The highest BCUT2D eigenvalue weighted by Gasteiger charge is 2.16. The Labute approximate surface area is 145 Å². The summed E-state index contributed by atoms with van der Waals surface area (Å²) in [5.41, 5.74) is 5.08. The van der Waals surface area contributed by atoms with E-state index in [0.29, 0.717) is 12.2 Å². The van der Waals surface area contributed by atoms with E-state index >= 15 is 0 Å². The molecular weight excluding hydrogens is 318 g/mol. The predicted octanol–water partition coefficient (Wildman–Crippen LogP) is 2.98. The first-order valence-corrected chi connectivity index (χ1v) is 8.37. The first-order chi connectivity index (χ1) is 12.3. The van der Waals surface area contributed by atoms with Crippen LogP contribution in [-0.4, -0.2) is 34.9 Å². The topological polar surface area (TPSA) is 65.4 Å². The van der Waals surface area contributed by atoms with Crippen molar-refractivity contribution in [2.45, 2.75) is 18.9 Å². The number of hydrogen-bond donors (Lipinski definition) is 1. The third-order valence-electron chi connectivity index (χ3n) is 4.25. The van der Waals surface area contributed by atoms with Crippen molar-refractivity contribution in [1.82, 2.24) is 9.66 Å². The van der Waals surface area contributed by atoms with Crippen molar-refractivity contribution in [2.24, 2.45) is 0 Å². The van der Waals surface area contributed by atoms with Gasteiger partial charge in [-0.2, -0.15) is 0 Å². The number of amides is 1. The lowest BCUT2D eigenvalue weighted by Crippen LogP contribution is -2.22. The van der Waals surface area contributed by atoms with E-state index in [4.69, 9.17) is 9.47 Å². The van der Waals surface area contributed by atoms with Gasteiger partial charge in [-0.3, -0.25) is 10.2 Å². The number of nitrogens with one attached hydrogen (secondary N) is 1. The Morgan fingerprint density at radius 3 is 2.88 bits per heavy atom. The van der Waals surface area contributed by atoms with E-state index in [9.17, 15) is 4.79 Å². The SMILES string of the molecule is O=C(Nn1cnc2ccccc21)c1ccc(OCC2CCCO2)cc1. The molecule has 1 atom stereocenters. The molecule has 1 amide bonds. The first kappa shape index (κ1) is 15.7. The highest BCUT2D eigenvalue weighted by Crippen LogP contribution is 2.17. The van der Waals surface area contributed by atoms with Gasteiger partial charge in [-0.1, -0.05) is 12.1 Å². The molecule has 0 aliphatic carbocycles. The average molecular weight is 337 g/mol. The Bertz CT molecular complexity index is 867. The standard InChI is InChI=1S/C19H19N3O3/c23-19(21-22-13-20-17-5-1-2-6-18(17)22)14-7-9-15(10-8-14)25-12-16-4-3-11-24-16/h1-2,5-10,13,16H,3-4,11-12H2,(H,21,23). The van der Waals surface area contributed by atoms with Crippen LogP contribution in [0.2, 0.25) is 0 Å². The highest BCUT2D eigenvalue weighted by molar-refractivity contribution is 6.00. The molecule has 2 heterocycles. The van der Waals surface area contributed by atoms with Gasteiger partial charge in [0.2, 0.25) is 0 Å². The van der Waals surface area contributed by atoms with Gasteiger partial charge in [-0.05, 0) is 49.2 Å². The van der Waals surface area contributed by atoms with Crippen LogP contribution in [-0.2, 0) is 4.74 Å². The molecule has 1 aromatic heterocycles. The van der Waals surface area contributed by atoms with Crippen LogP contribution in [0, 0.1) is 0 Å². The molecule has 0 bridgehead atoms. The molecule has 0 saturated carbocycles. The van der Waals surface area contributed by atoms with Crippen molar-refractivity contribution in [3.05, 3.63) is 60.4 Å². The summed E-state index contributed by atoms with van der Waals surface area (Å²) < 4.78 is 12.9. The quantitative estimate of drug-likeness (QED) is 0.777. The smallest absolute Gasteiger partial charge is 0.270 e. The second-order valence-electron chi connectivity index (χ2n) is 6.01. The van der Waals surface area contributed by atoms with Crippen molar-refractivity contribution >= 4 is 16.9 Å². The molecule has 128 valence electrons. The maximum atomic E-state index is 12.4. The van der Waals surface area contributed by atoms with Gasteiger partial charge >= 0.3 is 0 Å². The summed E-state index contributed by atoms with van der Waals surface area (Å²) in [6, 6.07) is 14.7. The lowest BCUT2D eigenvalue weighted by Gasteiger charge is -2.12. The second kappa shape index (κ2) is 6.94. The molecule has 1 saturated heterocycles. The van der Waals surface area contributed by atoms with Gasteiger partial charge in [0.1, 0.15) is 18.7 Å². The molecule has 1 unspecified atom stereocenters. The Hall–Kier alpha value is -2.86. The minimum atomic E-state index is -0.200. The number of carbonyl (C=O) groups is 1. The zero-order valence-corrected chi connectivity index (χ0v) is 13.7. The fraction of sp³-hybridized carbons (Fsp3) is 0.263. The zero-order valence-electron chi connectivity index (χ0n) is 13.7. The molecule has 6 nitrogen and oxygen atoms in total. The molecule has 1 aliphatic rings. The average Bonchev–Trinajstić information content (AvgIpc) is 3.31. The van der Waals surface area contributed by atoms with Crippen LogP contribution >= 0.6 is 0 Å². The molecule has 2 aromatic carbocycles. The molecular formula is C19H19N3O3. The van der Waals surface area contributed by atoms with Gasteiger partial charge in [0, 0.05) is 12.2 Å². The van der Waals surface area contributed by atoms with Crippen molar-refractivity contribution in [3.63, 3.8) is 0 Å². The fourth-order valence-electron chi connectivity index (χ4n) is 2.89. The number of aromatic nitrogens is 2. The number of carbonyl (C=O) groups excluding carboxylic acids is 1. The summed E-state index contributed by atoms with van der Waals surface area (Å²) in [6.45, 7) is 1.36. The number of ether oxygens (including phenoxy) is 2. The third kappa shape index (κ3) is 3.49. The predicted molar refractivity (Wildman–Crippen MR) is 94.3 cm³/mol. The van der Waals surface area contributed by atoms with Crippen LogP contribution in [0.15, 0.2) is 54.9 Å². The monoisotopic (exact) mass is 337 g/mol. The lowest BCUT2D eigenvalue weighted by atomic mass is 10.2. The van der Waals surface area contributed by atoms with Gasteiger partial charge < -0.3 is 9.47 Å². The maximum absolute atomic E-state index is 12.4. The normalized spacial score (nSPS) is 16.9. The number of para-hydroxylation sites is 2. The highest BCUT2D eigenvalue weighted by atomic mass is 16.5. The summed E-state index contributed by atoms with van der Waals surface area (Å²) in [5.74, 6) is 0.536. The minimum absolute atomic E-state index is 0.178. The number of rotatable bonds is 5. The van der Waals surface area contributed by atoms with E-state index in [1.165, 1.54) is 0 Å². The Morgan fingerprint density at radius 2 is 2.08 bits per heavy atom. The maximum Gasteiger partial charge on any atom is 0.270 e. The summed E-state index contributed by atoms with van der Waals surface area (Å²) in [5, 5.41) is 0. The zero-order chi connectivity index (χ0) is 17.1. The van der Waals surface area contributed by atoms with E-state index in [-0.39, 0.29) is 12.0 Å². The molecule has 1 aliphatic heterocycles. The summed E-state index contributed by atoms with van der Waals surface area (Å²) in [7, 11) is 0. The molecule has 25 heavy (non-hydrogen) atoms. The van der Waals surface area contributed by atoms with Gasteiger partial charge in [-0.15, -0.1) is 0 Å². The number of fused-ring (bicyclic) bond motifs is 1. The van der Waals surface area contributed by atoms with Crippen molar-refractivity contribution in [1.29, 1.82) is 0 Å². The fourth-order valence-corrected chi connectivity index (χ4v) is 2.89. The Morgan fingerprint density at radius 1 is 1.24 bits per heavy atom.